The van der Waals surface area contributed by atoms with E-state index in [4.69, 9.17) is 21.0 Å². The van der Waals surface area contributed by atoms with E-state index in [-0.39, 0.29) is 0 Å². The van der Waals surface area contributed by atoms with Gasteiger partial charge in [0.2, 0.25) is 0 Å². The molecule has 0 aromatic heterocycles. The van der Waals surface area contributed by atoms with Gasteiger partial charge in [-0.2, -0.15) is 0 Å². The van der Waals surface area contributed by atoms with Crippen LogP contribution in [0.15, 0.2) is 30.3 Å². The topological polar surface area (TPSA) is 116 Å². The van der Waals surface area contributed by atoms with Crippen LogP contribution in [0.3, 0.4) is 0 Å². The quantitative estimate of drug-likeness (QED) is 0.530. The molecule has 0 fully saturated rings. The van der Waals surface area contributed by atoms with Crippen LogP contribution in [0.5, 0.6) is 0 Å². The molecule has 7 nitrogen and oxygen atoms in total. The lowest BCUT2D eigenvalue weighted by atomic mass is 10.2. The molecule has 2 atom stereocenters. The Balaban J connectivity index is 2.57. The highest BCUT2D eigenvalue weighted by atomic mass is 31.2. The first kappa shape index (κ1) is 13.2. The van der Waals surface area contributed by atoms with Crippen LogP contribution in [0.1, 0.15) is 6.93 Å². The number of hydrogen-bond donors (Lipinski definition) is 4. The van der Waals surface area contributed by atoms with Gasteiger partial charge in [0.15, 0.2) is 0 Å². The second-order valence-corrected chi connectivity index (χ2v) is 4.77. The van der Waals surface area contributed by atoms with Crippen molar-refractivity contribution >= 4 is 13.7 Å². The summed E-state index contributed by atoms with van der Waals surface area (Å²) in [5.74, 6) is -1.47. The van der Waals surface area contributed by atoms with Gasteiger partial charge in [-0.3, -0.25) is 4.79 Å². The van der Waals surface area contributed by atoms with E-state index in [9.17, 15) is 9.36 Å². The van der Waals surface area contributed by atoms with Crippen LogP contribution in [-0.4, -0.2) is 33.5 Å². The van der Waals surface area contributed by atoms with Crippen LogP contribution in [0.25, 0.3) is 0 Å². The molecule has 1 aromatic carbocycles. The molecule has 0 spiro atoms. The van der Waals surface area contributed by atoms with Gasteiger partial charge < -0.3 is 19.6 Å². The van der Waals surface area contributed by atoms with Gasteiger partial charge in [-0.05, 0) is 5.56 Å². The van der Waals surface area contributed by atoms with Gasteiger partial charge in [-0.15, -0.1) is 0 Å². The van der Waals surface area contributed by atoms with Crippen molar-refractivity contribution in [3.63, 3.8) is 0 Å². The summed E-state index contributed by atoms with van der Waals surface area (Å²) in [5, 5.41) is 10.4. The summed E-state index contributed by atoms with van der Waals surface area (Å²) in [7, 11) is -4.68. The van der Waals surface area contributed by atoms with E-state index in [2.05, 4.69) is 0 Å². The van der Waals surface area contributed by atoms with Gasteiger partial charge in [0.05, 0.1) is 14.6 Å². The SMILES string of the molecule is [2H]C(OC[C@H](NP(=O)(O)O)C(=O)O)c1ccccc1. The van der Waals surface area contributed by atoms with Crippen molar-refractivity contribution in [3.05, 3.63) is 35.9 Å². The van der Waals surface area contributed by atoms with Gasteiger partial charge in [-0.1, -0.05) is 30.3 Å². The Morgan fingerprint density at radius 3 is 2.56 bits per heavy atom. The number of carboxylic acids is 1. The fourth-order valence-corrected chi connectivity index (χ4v) is 1.73. The summed E-state index contributed by atoms with van der Waals surface area (Å²) in [4.78, 5) is 28.1. The van der Waals surface area contributed by atoms with E-state index in [0.717, 1.165) is 0 Å². The first-order valence-corrected chi connectivity index (χ1v) is 6.56. The lowest BCUT2D eigenvalue weighted by molar-refractivity contribution is -0.140. The lowest BCUT2D eigenvalue weighted by Crippen LogP contribution is -2.38. The largest absolute Gasteiger partial charge is 0.480 e. The summed E-state index contributed by atoms with van der Waals surface area (Å²) in [6.07, 6.45) is 0. The van der Waals surface area contributed by atoms with Crippen molar-refractivity contribution in [3.8, 4) is 0 Å². The molecule has 0 bridgehead atoms. The Morgan fingerprint density at radius 1 is 1.44 bits per heavy atom. The molecule has 0 aliphatic rings. The van der Waals surface area contributed by atoms with Crippen LogP contribution >= 0.6 is 7.75 Å². The second kappa shape index (κ2) is 6.63. The predicted octanol–water partition coefficient (Wildman–Crippen LogP) is 0.339. The average molecular weight is 276 g/mol. The van der Waals surface area contributed by atoms with Crippen molar-refractivity contribution in [1.82, 2.24) is 5.09 Å². The van der Waals surface area contributed by atoms with Gasteiger partial charge in [0.25, 0.3) is 0 Å². The molecule has 18 heavy (non-hydrogen) atoms. The van der Waals surface area contributed by atoms with Crippen molar-refractivity contribution in [1.29, 1.82) is 0 Å². The van der Waals surface area contributed by atoms with E-state index < -0.39 is 32.9 Å². The first-order valence-electron chi connectivity index (χ1n) is 5.52. The minimum Gasteiger partial charge on any atom is -0.480 e. The molecule has 0 aliphatic heterocycles. The number of carboxylic acid groups (broad SMARTS) is 1. The molecule has 4 N–H and O–H groups in total. The molecule has 100 valence electrons. The van der Waals surface area contributed by atoms with Crippen molar-refractivity contribution in [2.45, 2.75) is 12.6 Å². The van der Waals surface area contributed by atoms with E-state index in [1.54, 1.807) is 35.4 Å². The molecule has 0 heterocycles. The van der Waals surface area contributed by atoms with Gasteiger partial charge in [0, 0.05) is 0 Å². The van der Waals surface area contributed by atoms with Crippen molar-refractivity contribution < 1.29 is 30.4 Å². The maximum absolute atomic E-state index is 10.8. The standard InChI is InChI=1S/C10H14NO6P/c12-10(13)9(11-18(14,15)16)7-17-6-8-4-2-1-3-5-8/h1-5,9H,6-7H2,(H,12,13)(H3,11,14,15,16)/t9-/m0/s1/i6D/t6?,9-. The summed E-state index contributed by atoms with van der Waals surface area (Å²) in [6, 6.07) is 6.82. The molecule has 1 unspecified atom stereocenters. The number of nitrogens with one attached hydrogen (secondary N) is 1. The summed E-state index contributed by atoms with van der Waals surface area (Å²) in [6.45, 7) is -1.66. The lowest BCUT2D eigenvalue weighted by Gasteiger charge is -2.15. The third kappa shape index (κ3) is 5.90. The Hall–Kier alpha value is -1.24. The minimum atomic E-state index is -4.68. The zero-order valence-electron chi connectivity index (χ0n) is 10.3. The molecule has 1 rings (SSSR count). The van der Waals surface area contributed by atoms with Crippen LogP contribution < -0.4 is 5.09 Å². The van der Waals surface area contributed by atoms with Crippen LogP contribution in [0.2, 0.25) is 0 Å². The zero-order valence-corrected chi connectivity index (χ0v) is 10.2. The highest BCUT2D eigenvalue weighted by Crippen LogP contribution is 2.29. The maximum atomic E-state index is 10.8. The van der Waals surface area contributed by atoms with Gasteiger partial charge in [0.1, 0.15) is 6.04 Å². The number of benzene rings is 1. The van der Waals surface area contributed by atoms with E-state index in [1.807, 2.05) is 0 Å². The Morgan fingerprint density at radius 2 is 2.06 bits per heavy atom. The van der Waals surface area contributed by atoms with E-state index in [1.165, 1.54) is 0 Å². The molecular formula is C10H14NO6P. The van der Waals surface area contributed by atoms with Crippen molar-refractivity contribution in [2.75, 3.05) is 6.61 Å². The van der Waals surface area contributed by atoms with Crippen LogP contribution in [-0.2, 0) is 20.7 Å². The van der Waals surface area contributed by atoms with E-state index >= 15 is 0 Å². The third-order valence-corrected chi connectivity index (χ3v) is 2.55. The molecule has 0 saturated carbocycles. The molecule has 8 heteroatoms. The highest BCUT2D eigenvalue weighted by Gasteiger charge is 2.25. The first-order chi connectivity index (χ1) is 8.79. The smallest absolute Gasteiger partial charge is 0.401 e. The Labute approximate surface area is 105 Å². The molecule has 0 aliphatic carbocycles. The highest BCUT2D eigenvalue weighted by molar-refractivity contribution is 7.49. The Bertz CT molecular complexity index is 464. The number of aliphatic carboxylic acids is 1. The fraction of sp³-hybridized carbons (Fsp3) is 0.300. The molecule has 1 aromatic rings. The summed E-state index contributed by atoms with van der Waals surface area (Å²) in [5.41, 5.74) is 0.516. The molecular weight excluding hydrogens is 261 g/mol. The number of rotatable bonds is 7. The average Bonchev–Trinajstić information content (AvgIpc) is 2.33. The number of hydrogen-bond acceptors (Lipinski definition) is 3. The van der Waals surface area contributed by atoms with Crippen molar-refractivity contribution in [2.24, 2.45) is 0 Å². The fourth-order valence-electron chi connectivity index (χ4n) is 1.14. The summed E-state index contributed by atoms with van der Waals surface area (Å²) < 4.78 is 23.3. The van der Waals surface area contributed by atoms with Gasteiger partial charge >= 0.3 is 13.7 Å². The van der Waals surface area contributed by atoms with Gasteiger partial charge in [-0.25, -0.2) is 9.65 Å². The number of ether oxygens (including phenoxy) is 1. The molecule has 0 radical (unpaired) electrons. The number of carbonyl (C=O) groups is 1. The zero-order chi connectivity index (χ0) is 14.5. The normalized spacial score (nSPS) is 15.8. The second-order valence-electron chi connectivity index (χ2n) is 3.43. The van der Waals surface area contributed by atoms with Crippen LogP contribution in [0, 0.1) is 0 Å². The third-order valence-electron chi connectivity index (χ3n) is 1.90. The van der Waals surface area contributed by atoms with Crippen LogP contribution in [0.4, 0.5) is 0 Å². The summed E-state index contributed by atoms with van der Waals surface area (Å²) >= 11 is 0. The Kier molecular flexibility index (Phi) is 4.86. The minimum absolute atomic E-state index is 0.516. The molecule has 0 saturated heterocycles. The maximum Gasteiger partial charge on any atom is 0.401 e. The molecule has 0 amide bonds. The van der Waals surface area contributed by atoms with E-state index in [0.29, 0.717) is 5.56 Å². The monoisotopic (exact) mass is 276 g/mol. The predicted molar refractivity (Wildman–Crippen MR) is 62.7 cm³/mol.